The predicted octanol–water partition coefficient (Wildman–Crippen LogP) is 10.5. The topological polar surface area (TPSA) is 219 Å². The van der Waals surface area contributed by atoms with Gasteiger partial charge in [-0.1, -0.05) is 168 Å². The van der Waals surface area contributed by atoms with E-state index in [-0.39, 0.29) is 25.1 Å². The molecule has 1 fully saturated rings. The number of carbonyl (C=O) groups is 3. The second-order valence-electron chi connectivity index (χ2n) is 14.1. The van der Waals surface area contributed by atoms with E-state index in [0.29, 0.717) is 31.6 Å². The molecule has 50 heavy (non-hydrogen) atoms. The van der Waals surface area contributed by atoms with Crippen LogP contribution < -0.4 is 12.3 Å². The molecule has 0 aliphatic carbocycles. The fourth-order valence-corrected chi connectivity index (χ4v) is 8.05. The number of carboxylic acids is 2. The average molecular weight is 738 g/mol. The number of amides is 1. The third-order valence-corrected chi connectivity index (χ3v) is 11.1. The SMILES string of the molecule is CCCCCCCCCC(CCCCCCCCC)(C(=O)O)C(C(=O)O)S(=O)(=O)O.CCCCCCCCCCCCN1CCCC1=O.N.N. The van der Waals surface area contributed by atoms with Crippen LogP contribution in [0.1, 0.15) is 201 Å². The van der Waals surface area contributed by atoms with E-state index in [1.807, 2.05) is 4.90 Å². The predicted molar refractivity (Wildman–Crippen MR) is 206 cm³/mol. The van der Waals surface area contributed by atoms with E-state index in [2.05, 4.69) is 20.8 Å². The lowest BCUT2D eigenvalue weighted by Gasteiger charge is -2.33. The van der Waals surface area contributed by atoms with Crippen LogP contribution in [-0.4, -0.2) is 64.3 Å². The second kappa shape index (κ2) is 33.1. The van der Waals surface area contributed by atoms with Crippen molar-refractivity contribution in [3.05, 3.63) is 0 Å². The highest BCUT2D eigenvalue weighted by atomic mass is 32.2. The van der Waals surface area contributed by atoms with Gasteiger partial charge < -0.3 is 27.4 Å². The van der Waals surface area contributed by atoms with Gasteiger partial charge in [-0.15, -0.1) is 0 Å². The molecule has 9 N–H and O–H groups in total. The molecule has 1 aliphatic rings. The Balaban J connectivity index is -0.000000946. The Labute approximate surface area is 306 Å². The van der Waals surface area contributed by atoms with Crippen LogP contribution in [0.5, 0.6) is 0 Å². The number of carboxylic acid groups (broad SMARTS) is 2. The van der Waals surface area contributed by atoms with Crippen LogP contribution in [0.25, 0.3) is 0 Å². The van der Waals surface area contributed by atoms with Crippen LogP contribution in [0.3, 0.4) is 0 Å². The molecule has 1 atom stereocenters. The summed E-state index contributed by atoms with van der Waals surface area (Å²) in [5.74, 6) is -2.87. The van der Waals surface area contributed by atoms with Crippen LogP contribution in [0.15, 0.2) is 0 Å². The minimum atomic E-state index is -5.06. The molecule has 0 radical (unpaired) electrons. The van der Waals surface area contributed by atoms with Gasteiger partial charge in [0.1, 0.15) is 0 Å². The van der Waals surface area contributed by atoms with E-state index >= 15 is 0 Å². The highest BCUT2D eigenvalue weighted by molar-refractivity contribution is 7.87. The molecule has 0 aromatic heterocycles. The zero-order chi connectivity index (χ0) is 36.1. The van der Waals surface area contributed by atoms with Crippen molar-refractivity contribution in [2.75, 3.05) is 13.1 Å². The maximum atomic E-state index is 12.2. The van der Waals surface area contributed by atoms with Crippen LogP contribution in [0.2, 0.25) is 0 Å². The Bertz CT molecular complexity index is 930. The minimum Gasteiger partial charge on any atom is -0.481 e. The van der Waals surface area contributed by atoms with Crippen LogP contribution in [0, 0.1) is 5.41 Å². The molecule has 0 bridgehead atoms. The summed E-state index contributed by atoms with van der Waals surface area (Å²) >= 11 is 0. The Morgan fingerprint density at radius 3 is 1.26 bits per heavy atom. The first-order valence-corrected chi connectivity index (χ1v) is 21.2. The van der Waals surface area contributed by atoms with Gasteiger partial charge in [-0.05, 0) is 25.7 Å². The van der Waals surface area contributed by atoms with E-state index in [9.17, 15) is 37.6 Å². The first-order chi connectivity index (χ1) is 23.0. The van der Waals surface area contributed by atoms with Gasteiger partial charge in [-0.2, -0.15) is 8.42 Å². The van der Waals surface area contributed by atoms with Gasteiger partial charge in [-0.25, -0.2) is 0 Å². The van der Waals surface area contributed by atoms with Crippen molar-refractivity contribution in [3.63, 3.8) is 0 Å². The maximum Gasteiger partial charge on any atom is 0.325 e. The van der Waals surface area contributed by atoms with Gasteiger partial charge in [0.05, 0.1) is 5.41 Å². The zero-order valence-corrected chi connectivity index (χ0v) is 33.3. The molecule has 1 amide bonds. The zero-order valence-electron chi connectivity index (χ0n) is 32.4. The molecule has 12 heteroatoms. The highest BCUT2D eigenvalue weighted by Crippen LogP contribution is 2.39. The molecule has 1 unspecified atom stereocenters. The monoisotopic (exact) mass is 738 g/mol. The summed E-state index contributed by atoms with van der Waals surface area (Å²) < 4.78 is 33.3. The standard InChI is InChI=1S/C22H42O7S.C16H31NO.2H3N/c1-3-5-7-9-11-13-15-17-22(21(25)26,19(20(23)24)30(27,28)29)18-16-14-12-10-8-6-4-2;1-2-3-4-5-6-7-8-9-10-11-14-17-15-12-13-16(17)18;;/h19H,3-18H2,1-2H3,(H,23,24)(H,25,26)(H,27,28,29);2-15H2,1H3;2*1H3. The molecule has 1 heterocycles. The molecular weight excluding hydrogens is 658 g/mol. The molecule has 1 rings (SSSR count). The summed E-state index contributed by atoms with van der Waals surface area (Å²) in [7, 11) is -5.06. The van der Waals surface area contributed by atoms with Gasteiger partial charge in [0.2, 0.25) is 5.91 Å². The van der Waals surface area contributed by atoms with Crippen molar-refractivity contribution in [1.82, 2.24) is 17.2 Å². The van der Waals surface area contributed by atoms with Crippen molar-refractivity contribution < 1.29 is 37.6 Å². The summed E-state index contributed by atoms with van der Waals surface area (Å²) in [6.45, 7) is 8.52. The number of rotatable bonds is 31. The lowest BCUT2D eigenvalue weighted by molar-refractivity contribution is -0.156. The van der Waals surface area contributed by atoms with Crippen molar-refractivity contribution in [1.29, 1.82) is 0 Å². The van der Waals surface area contributed by atoms with E-state index in [1.165, 1.54) is 64.2 Å². The third-order valence-electron chi connectivity index (χ3n) is 9.86. The first kappa shape index (κ1) is 52.6. The molecule has 0 saturated carbocycles. The van der Waals surface area contributed by atoms with Crippen molar-refractivity contribution in [3.8, 4) is 0 Å². The van der Waals surface area contributed by atoms with Gasteiger partial charge >= 0.3 is 11.9 Å². The normalized spacial score (nSPS) is 13.6. The van der Waals surface area contributed by atoms with Crippen molar-refractivity contribution in [2.24, 2.45) is 5.41 Å². The number of likely N-dealkylation sites (tertiary alicyclic amines) is 1. The Morgan fingerprint density at radius 1 is 0.640 bits per heavy atom. The average Bonchev–Trinajstić information content (AvgIpc) is 3.44. The smallest absolute Gasteiger partial charge is 0.325 e. The van der Waals surface area contributed by atoms with Crippen LogP contribution in [0.4, 0.5) is 0 Å². The number of hydrogen-bond donors (Lipinski definition) is 5. The van der Waals surface area contributed by atoms with Crippen LogP contribution >= 0.6 is 0 Å². The fourth-order valence-electron chi connectivity index (χ4n) is 6.89. The number of unbranched alkanes of at least 4 members (excludes halogenated alkanes) is 21. The first-order valence-electron chi connectivity index (χ1n) is 19.7. The van der Waals surface area contributed by atoms with Gasteiger partial charge in [0.15, 0.2) is 5.25 Å². The number of hydrogen-bond acceptors (Lipinski definition) is 7. The van der Waals surface area contributed by atoms with E-state index in [4.69, 9.17) is 0 Å². The Hall–Kier alpha value is -1.76. The summed E-state index contributed by atoms with van der Waals surface area (Å²) in [6.07, 6.45) is 28.3. The second-order valence-corrected chi connectivity index (χ2v) is 15.6. The summed E-state index contributed by atoms with van der Waals surface area (Å²) in [4.78, 5) is 37.3. The third kappa shape index (κ3) is 24.4. The van der Waals surface area contributed by atoms with Crippen LogP contribution in [-0.2, 0) is 24.5 Å². The number of aliphatic carboxylic acids is 2. The van der Waals surface area contributed by atoms with Gasteiger partial charge in [0.25, 0.3) is 10.1 Å². The van der Waals surface area contributed by atoms with Crippen molar-refractivity contribution in [2.45, 2.75) is 206 Å². The highest BCUT2D eigenvalue weighted by Gasteiger charge is 2.55. The molecule has 0 aromatic rings. The quantitative estimate of drug-likeness (QED) is 0.0334. The van der Waals surface area contributed by atoms with E-state index < -0.39 is 32.7 Å². The van der Waals surface area contributed by atoms with Crippen molar-refractivity contribution >= 4 is 28.0 Å². The summed E-state index contributed by atoms with van der Waals surface area (Å²) in [5, 5.41) is 17.1. The number of carbonyl (C=O) groups excluding carboxylic acids is 1. The minimum absolute atomic E-state index is 0. The van der Waals surface area contributed by atoms with E-state index in [1.54, 1.807) is 0 Å². The lowest BCUT2D eigenvalue weighted by Crippen LogP contribution is -2.51. The molecule has 1 aliphatic heterocycles. The summed E-state index contributed by atoms with van der Waals surface area (Å²) in [6, 6.07) is 0. The van der Waals surface area contributed by atoms with Gasteiger partial charge in [-0.3, -0.25) is 18.9 Å². The molecule has 1 saturated heterocycles. The largest absolute Gasteiger partial charge is 0.481 e. The van der Waals surface area contributed by atoms with E-state index in [0.717, 1.165) is 90.1 Å². The molecular formula is C38H79N3O8S. The summed E-state index contributed by atoms with van der Waals surface area (Å²) in [5.41, 5.74) is -2.01. The lowest BCUT2D eigenvalue weighted by atomic mass is 9.74. The fraction of sp³-hybridized carbons (Fsp3) is 0.921. The molecule has 11 nitrogen and oxygen atoms in total. The Kier molecular flexibility index (Phi) is 34.8. The number of nitrogens with zero attached hydrogens (tertiary/aromatic N) is 1. The molecule has 0 spiro atoms. The Morgan fingerprint density at radius 2 is 0.980 bits per heavy atom. The molecule has 300 valence electrons. The maximum absolute atomic E-state index is 12.2. The van der Waals surface area contributed by atoms with Gasteiger partial charge in [0, 0.05) is 19.5 Å². The molecule has 0 aromatic carbocycles.